The van der Waals surface area contributed by atoms with E-state index >= 15 is 0 Å². The number of likely N-dealkylation sites (N-methyl/N-ethyl adjacent to an activating group) is 1. The Balaban J connectivity index is 4.26. The van der Waals surface area contributed by atoms with Gasteiger partial charge in [0.2, 0.25) is 0 Å². The van der Waals surface area contributed by atoms with Gasteiger partial charge in [0.1, 0.15) is 6.61 Å². The second kappa shape index (κ2) is 51.3. The molecule has 0 saturated carbocycles. The SMILES string of the molecule is CC/C=C/C/C=C/C/C=C/C/C=C/C/C=C/C/C=C/CCCCCCC(=O)OC(COCCC(C(=O)O)[N+](C)(C)C)COC(=O)CCCCCCCCCCCCCCC/C=C/C/C=C/C/C=C/CC. The van der Waals surface area contributed by atoms with Gasteiger partial charge in [0, 0.05) is 19.3 Å². The Morgan fingerprint density at radius 3 is 1.11 bits per heavy atom. The van der Waals surface area contributed by atoms with Gasteiger partial charge in [-0.25, -0.2) is 4.79 Å². The van der Waals surface area contributed by atoms with Crippen LogP contribution >= 0.6 is 0 Å². The molecular formula is C62H104NO7+. The molecule has 0 aromatic heterocycles. The molecule has 0 aliphatic heterocycles. The van der Waals surface area contributed by atoms with E-state index in [9.17, 15) is 19.5 Å². The predicted molar refractivity (Wildman–Crippen MR) is 298 cm³/mol. The zero-order valence-corrected chi connectivity index (χ0v) is 45.4. The van der Waals surface area contributed by atoms with Crippen molar-refractivity contribution in [3.63, 3.8) is 0 Å². The number of unbranched alkanes of at least 4 members (excludes halogenated alkanes) is 17. The van der Waals surface area contributed by atoms with Gasteiger partial charge >= 0.3 is 17.9 Å². The summed E-state index contributed by atoms with van der Waals surface area (Å²) in [6.07, 6.45) is 71.5. The lowest BCUT2D eigenvalue weighted by Crippen LogP contribution is -2.50. The lowest BCUT2D eigenvalue weighted by Gasteiger charge is -2.31. The first-order valence-electron chi connectivity index (χ1n) is 27.9. The van der Waals surface area contributed by atoms with E-state index in [2.05, 4.69) is 123 Å². The van der Waals surface area contributed by atoms with Crippen LogP contribution in [0, 0.1) is 0 Å². The minimum absolute atomic E-state index is 0.0443. The Bertz CT molecular complexity index is 1510. The maximum atomic E-state index is 12.8. The highest BCUT2D eigenvalue weighted by Crippen LogP contribution is 2.15. The van der Waals surface area contributed by atoms with Crippen molar-refractivity contribution in [2.24, 2.45) is 0 Å². The molecule has 0 heterocycles. The normalized spacial score (nSPS) is 13.7. The van der Waals surface area contributed by atoms with Crippen LogP contribution in [0.5, 0.6) is 0 Å². The van der Waals surface area contributed by atoms with E-state index in [1.165, 1.54) is 70.6 Å². The smallest absolute Gasteiger partial charge is 0.362 e. The van der Waals surface area contributed by atoms with E-state index in [4.69, 9.17) is 14.2 Å². The summed E-state index contributed by atoms with van der Waals surface area (Å²) in [5.41, 5.74) is 0. The van der Waals surface area contributed by atoms with E-state index in [0.717, 1.165) is 109 Å². The van der Waals surface area contributed by atoms with Crippen LogP contribution in [-0.4, -0.2) is 80.6 Å². The van der Waals surface area contributed by atoms with Crippen molar-refractivity contribution in [2.45, 2.75) is 225 Å². The maximum absolute atomic E-state index is 12.8. The number of hydrogen-bond acceptors (Lipinski definition) is 6. The fourth-order valence-electron chi connectivity index (χ4n) is 7.70. The zero-order chi connectivity index (χ0) is 51.3. The number of aliphatic carboxylic acids is 1. The van der Waals surface area contributed by atoms with Crippen LogP contribution in [0.3, 0.4) is 0 Å². The number of hydrogen-bond donors (Lipinski definition) is 1. The second-order valence-electron chi connectivity index (χ2n) is 19.4. The number of ether oxygens (including phenoxy) is 3. The molecule has 0 fully saturated rings. The summed E-state index contributed by atoms with van der Waals surface area (Å²) in [7, 11) is 5.52. The lowest BCUT2D eigenvalue weighted by molar-refractivity contribution is -0.887. The standard InChI is InChI=1S/C62H103NO7/c1-6-8-10-12-14-16-18-20-22-24-26-28-30-32-34-36-38-40-42-44-46-48-50-52-60(64)69-57-58(56-68-55-54-59(62(66)67)63(3,4)5)70-61(65)53-51-49-47-45-43-41-39-37-35-33-31-29-27-25-23-21-19-17-15-13-11-9-7-2/h8-11,14-17,20-23,27,29,33,35,39,41,58-59H,6-7,12-13,18-19,24-26,28,30-32,34,36-38,40,42-57H2,1-5H3/p+1/b10-8+,11-9+,16-14+,17-15+,22-20+,23-21+,29-27+,35-33+,41-39+. The van der Waals surface area contributed by atoms with Crippen LogP contribution in [0.25, 0.3) is 0 Å². The fourth-order valence-corrected chi connectivity index (χ4v) is 7.70. The highest BCUT2D eigenvalue weighted by atomic mass is 16.6. The van der Waals surface area contributed by atoms with Gasteiger partial charge in [-0.2, -0.15) is 0 Å². The van der Waals surface area contributed by atoms with Crippen LogP contribution in [0.1, 0.15) is 213 Å². The molecule has 0 aliphatic carbocycles. The minimum Gasteiger partial charge on any atom is -0.477 e. The van der Waals surface area contributed by atoms with Crippen molar-refractivity contribution in [1.29, 1.82) is 0 Å². The number of carbonyl (C=O) groups is 3. The van der Waals surface area contributed by atoms with Crippen LogP contribution in [0.15, 0.2) is 109 Å². The molecule has 0 amide bonds. The summed E-state index contributed by atoms with van der Waals surface area (Å²) in [4.78, 5) is 37.3. The molecule has 398 valence electrons. The molecule has 0 spiro atoms. The molecule has 0 radical (unpaired) electrons. The number of allylic oxidation sites excluding steroid dienone is 18. The van der Waals surface area contributed by atoms with Gasteiger partial charge in [0.15, 0.2) is 12.1 Å². The molecule has 0 aromatic rings. The monoisotopic (exact) mass is 975 g/mol. The Morgan fingerprint density at radius 2 is 0.757 bits per heavy atom. The molecule has 0 rings (SSSR count). The molecule has 0 aromatic carbocycles. The van der Waals surface area contributed by atoms with Gasteiger partial charge in [-0.05, 0) is 96.3 Å². The molecule has 2 unspecified atom stereocenters. The number of rotatable bonds is 49. The van der Waals surface area contributed by atoms with Gasteiger partial charge in [-0.3, -0.25) is 9.59 Å². The van der Waals surface area contributed by atoms with E-state index in [1.807, 2.05) is 21.1 Å². The third-order valence-corrected chi connectivity index (χ3v) is 11.9. The molecule has 0 aliphatic rings. The topological polar surface area (TPSA) is 99.1 Å². The summed E-state index contributed by atoms with van der Waals surface area (Å²) in [5, 5.41) is 9.68. The minimum atomic E-state index is -0.882. The average Bonchev–Trinajstić information content (AvgIpc) is 3.33. The molecule has 8 heteroatoms. The Kier molecular flexibility index (Phi) is 48.4. The highest BCUT2D eigenvalue weighted by molar-refractivity contribution is 5.72. The Hall–Kier alpha value is -4.01. The van der Waals surface area contributed by atoms with Gasteiger partial charge in [-0.1, -0.05) is 207 Å². The van der Waals surface area contributed by atoms with E-state index in [1.54, 1.807) is 0 Å². The third-order valence-electron chi connectivity index (χ3n) is 11.9. The predicted octanol–water partition coefficient (Wildman–Crippen LogP) is 16.8. The Morgan fingerprint density at radius 1 is 0.429 bits per heavy atom. The van der Waals surface area contributed by atoms with Gasteiger partial charge in [0.05, 0.1) is 34.4 Å². The lowest BCUT2D eigenvalue weighted by atomic mass is 10.0. The second-order valence-corrected chi connectivity index (χ2v) is 19.4. The molecule has 8 nitrogen and oxygen atoms in total. The summed E-state index contributed by atoms with van der Waals surface area (Å²) >= 11 is 0. The maximum Gasteiger partial charge on any atom is 0.362 e. The van der Waals surface area contributed by atoms with Crippen LogP contribution in [0.4, 0.5) is 0 Å². The number of carbonyl (C=O) groups excluding carboxylic acids is 2. The number of esters is 2. The van der Waals surface area contributed by atoms with Crippen molar-refractivity contribution in [2.75, 3.05) is 41.0 Å². The van der Waals surface area contributed by atoms with Crippen LogP contribution in [-0.2, 0) is 28.6 Å². The highest BCUT2D eigenvalue weighted by Gasteiger charge is 2.31. The van der Waals surface area contributed by atoms with Crippen molar-refractivity contribution in [3.8, 4) is 0 Å². The summed E-state index contributed by atoms with van der Waals surface area (Å²) in [5.74, 6) is -1.51. The van der Waals surface area contributed by atoms with Crippen molar-refractivity contribution in [3.05, 3.63) is 109 Å². The number of quaternary nitrogens is 1. The summed E-state index contributed by atoms with van der Waals surface area (Å²) in [6.45, 7) is 4.49. The van der Waals surface area contributed by atoms with Crippen molar-refractivity contribution < 1.29 is 38.2 Å². The van der Waals surface area contributed by atoms with E-state index in [-0.39, 0.29) is 36.2 Å². The molecule has 70 heavy (non-hydrogen) atoms. The summed E-state index contributed by atoms with van der Waals surface area (Å²) in [6, 6.07) is -0.627. The molecule has 0 bridgehead atoms. The third kappa shape index (κ3) is 49.0. The first-order chi connectivity index (χ1) is 34.1. The number of carboxylic acids is 1. The van der Waals surface area contributed by atoms with Gasteiger partial charge in [-0.15, -0.1) is 0 Å². The van der Waals surface area contributed by atoms with Gasteiger partial charge in [0.25, 0.3) is 0 Å². The fraction of sp³-hybridized carbons (Fsp3) is 0.661. The van der Waals surface area contributed by atoms with E-state index in [0.29, 0.717) is 19.3 Å². The molecule has 1 N–H and O–H groups in total. The molecular weight excluding hydrogens is 871 g/mol. The first kappa shape index (κ1) is 66.0. The molecule has 2 atom stereocenters. The molecule has 0 saturated heterocycles. The number of nitrogens with zero attached hydrogens (tertiary/aromatic N) is 1. The largest absolute Gasteiger partial charge is 0.477 e. The van der Waals surface area contributed by atoms with Crippen LogP contribution < -0.4 is 0 Å². The Labute approximate surface area is 429 Å². The zero-order valence-electron chi connectivity index (χ0n) is 45.4. The van der Waals surface area contributed by atoms with E-state index < -0.39 is 18.1 Å². The van der Waals surface area contributed by atoms with Crippen molar-refractivity contribution in [1.82, 2.24) is 0 Å². The average molecular weight is 976 g/mol. The van der Waals surface area contributed by atoms with Crippen molar-refractivity contribution >= 4 is 17.9 Å². The quantitative estimate of drug-likeness (QED) is 0.0281. The van der Waals surface area contributed by atoms with Gasteiger partial charge < -0.3 is 23.8 Å². The number of carboxylic acid groups (broad SMARTS) is 1. The van der Waals surface area contributed by atoms with Crippen LogP contribution in [0.2, 0.25) is 0 Å². The summed E-state index contributed by atoms with van der Waals surface area (Å²) < 4.78 is 17.4. The first-order valence-corrected chi connectivity index (χ1v) is 27.9.